The van der Waals surface area contributed by atoms with Crippen molar-refractivity contribution in [1.29, 1.82) is 0 Å². The van der Waals surface area contributed by atoms with Crippen molar-refractivity contribution in [2.75, 3.05) is 7.11 Å². The molecule has 18 heavy (non-hydrogen) atoms. The predicted molar refractivity (Wildman–Crippen MR) is 71.0 cm³/mol. The number of thiophene rings is 1. The van der Waals surface area contributed by atoms with Crippen LogP contribution in [0.2, 0.25) is 0 Å². The Hall–Kier alpha value is -2.01. The molecule has 0 aliphatic rings. The van der Waals surface area contributed by atoms with Crippen molar-refractivity contribution in [1.82, 2.24) is 9.97 Å². The van der Waals surface area contributed by atoms with E-state index < -0.39 is 0 Å². The summed E-state index contributed by atoms with van der Waals surface area (Å²) >= 11 is 1.59. The fraction of sp³-hybridized carbons (Fsp3) is 0.154. The van der Waals surface area contributed by atoms with E-state index >= 15 is 0 Å². The number of carbonyl (C=O) groups excluding carboxylic acids is 1. The first-order valence-corrected chi connectivity index (χ1v) is 6.14. The molecule has 2 aromatic heterocycles. The molecule has 0 saturated heterocycles. The van der Waals surface area contributed by atoms with E-state index in [-0.39, 0.29) is 5.97 Å². The highest BCUT2D eigenvalue weighted by molar-refractivity contribution is 7.16. The lowest BCUT2D eigenvalue weighted by Crippen LogP contribution is -1.94. The van der Waals surface area contributed by atoms with Gasteiger partial charge in [0.05, 0.1) is 7.11 Å². The molecule has 0 aromatic carbocycles. The van der Waals surface area contributed by atoms with Gasteiger partial charge in [-0.05, 0) is 24.6 Å². The van der Waals surface area contributed by atoms with Gasteiger partial charge in [-0.15, -0.1) is 11.3 Å². The zero-order valence-corrected chi connectivity index (χ0v) is 10.9. The molecule has 0 aliphatic carbocycles. The first-order chi connectivity index (χ1) is 8.70. The fourth-order valence-electron chi connectivity index (χ4n) is 1.44. The quantitative estimate of drug-likeness (QED) is 0.629. The van der Waals surface area contributed by atoms with Crippen molar-refractivity contribution in [3.63, 3.8) is 0 Å². The molecule has 92 valence electrons. The van der Waals surface area contributed by atoms with Gasteiger partial charge in [0, 0.05) is 33.8 Å². The zero-order valence-electron chi connectivity index (χ0n) is 10.1. The fourth-order valence-corrected chi connectivity index (χ4v) is 2.39. The first kappa shape index (κ1) is 12.4. The van der Waals surface area contributed by atoms with Crippen LogP contribution >= 0.6 is 11.3 Å². The maximum Gasteiger partial charge on any atom is 0.330 e. The van der Waals surface area contributed by atoms with E-state index in [0.717, 1.165) is 20.9 Å². The number of rotatable bonds is 3. The number of methoxy groups -OCH3 is 1. The highest BCUT2D eigenvalue weighted by Gasteiger charge is 2.06. The van der Waals surface area contributed by atoms with Gasteiger partial charge >= 0.3 is 5.97 Å². The van der Waals surface area contributed by atoms with Crippen molar-refractivity contribution in [2.24, 2.45) is 0 Å². The Kier molecular flexibility index (Phi) is 3.84. The minimum absolute atomic E-state index is 0.342. The van der Waals surface area contributed by atoms with Crippen LogP contribution in [-0.2, 0) is 9.53 Å². The Balaban J connectivity index is 2.26. The number of allylic oxidation sites excluding steroid dienone is 1. The van der Waals surface area contributed by atoms with Gasteiger partial charge in [0.25, 0.3) is 0 Å². The summed E-state index contributed by atoms with van der Waals surface area (Å²) in [6.07, 6.45) is 6.52. The van der Waals surface area contributed by atoms with Gasteiger partial charge < -0.3 is 4.74 Å². The molecule has 0 amide bonds. The van der Waals surface area contributed by atoms with E-state index in [1.54, 1.807) is 23.7 Å². The second kappa shape index (κ2) is 5.55. The smallest absolute Gasteiger partial charge is 0.330 e. The van der Waals surface area contributed by atoms with Crippen LogP contribution in [0.1, 0.15) is 11.8 Å². The summed E-state index contributed by atoms with van der Waals surface area (Å²) in [6.45, 7) is 1.88. The second-order valence-electron chi connectivity index (χ2n) is 3.64. The third-order valence-electron chi connectivity index (χ3n) is 2.38. The normalized spacial score (nSPS) is 11.3. The summed E-state index contributed by atoms with van der Waals surface area (Å²) in [6, 6.07) is 3.97. The summed E-state index contributed by atoms with van der Waals surface area (Å²) in [5, 5.41) is 0. The Morgan fingerprint density at radius 3 is 2.72 bits per heavy atom. The molecule has 0 unspecified atom stereocenters. The first-order valence-electron chi connectivity index (χ1n) is 5.32. The molecule has 0 fully saturated rings. The van der Waals surface area contributed by atoms with Crippen molar-refractivity contribution < 1.29 is 9.53 Å². The molecule has 0 bridgehead atoms. The maximum atomic E-state index is 11.2. The van der Waals surface area contributed by atoms with Gasteiger partial charge in [0.2, 0.25) is 0 Å². The van der Waals surface area contributed by atoms with Crippen LogP contribution in [0.3, 0.4) is 0 Å². The van der Waals surface area contributed by atoms with Crippen molar-refractivity contribution in [2.45, 2.75) is 6.92 Å². The molecule has 0 spiro atoms. The number of nitrogens with zero attached hydrogens (tertiary/aromatic N) is 2. The summed E-state index contributed by atoms with van der Waals surface area (Å²) in [4.78, 5) is 21.2. The zero-order chi connectivity index (χ0) is 13.0. The van der Waals surface area contributed by atoms with Crippen LogP contribution in [0, 0.1) is 0 Å². The van der Waals surface area contributed by atoms with Gasteiger partial charge in [0.1, 0.15) is 6.33 Å². The molecule has 0 radical (unpaired) electrons. The highest BCUT2D eigenvalue weighted by atomic mass is 32.1. The van der Waals surface area contributed by atoms with Gasteiger partial charge in [-0.3, -0.25) is 0 Å². The molecule has 0 atom stereocenters. The lowest BCUT2D eigenvalue weighted by atomic mass is 10.2. The standard InChI is InChI=1S/C13H12N2O2S/c1-9(5-13(16)17-2)11-3-4-12(18-11)10-6-14-8-15-7-10/h3-8H,1-2H3/b9-5+. The molecule has 4 nitrogen and oxygen atoms in total. The van der Waals surface area contributed by atoms with E-state index in [1.165, 1.54) is 19.5 Å². The van der Waals surface area contributed by atoms with Gasteiger partial charge in [-0.2, -0.15) is 0 Å². The molecular weight excluding hydrogens is 248 g/mol. The van der Waals surface area contributed by atoms with E-state index in [1.807, 2.05) is 19.1 Å². The van der Waals surface area contributed by atoms with Crippen LogP contribution in [0.15, 0.2) is 36.9 Å². The van der Waals surface area contributed by atoms with Gasteiger partial charge in [-0.25, -0.2) is 14.8 Å². The highest BCUT2D eigenvalue weighted by Crippen LogP contribution is 2.30. The monoisotopic (exact) mass is 260 g/mol. The number of ether oxygens (including phenoxy) is 1. The topological polar surface area (TPSA) is 52.1 Å². The minimum atomic E-state index is -0.342. The van der Waals surface area contributed by atoms with Crippen LogP contribution in [0.5, 0.6) is 0 Å². The molecule has 0 saturated carbocycles. The minimum Gasteiger partial charge on any atom is -0.466 e. The molecule has 0 aliphatic heterocycles. The molecule has 0 N–H and O–H groups in total. The lowest BCUT2D eigenvalue weighted by Gasteiger charge is -1.97. The Bertz CT molecular complexity index is 576. The number of aromatic nitrogens is 2. The Morgan fingerprint density at radius 2 is 2.06 bits per heavy atom. The van der Waals surface area contributed by atoms with Crippen molar-refractivity contribution in [3.8, 4) is 10.4 Å². The average Bonchev–Trinajstić information content (AvgIpc) is 2.89. The van der Waals surface area contributed by atoms with Gasteiger partial charge in [0.15, 0.2) is 0 Å². The number of esters is 1. The molecule has 2 rings (SSSR count). The third kappa shape index (κ3) is 2.81. The molecular formula is C13H12N2O2S. The molecule has 2 heterocycles. The van der Waals surface area contributed by atoms with Crippen LogP contribution in [0.25, 0.3) is 16.0 Å². The number of hydrogen-bond acceptors (Lipinski definition) is 5. The summed E-state index contributed by atoms with van der Waals surface area (Å²) < 4.78 is 4.60. The summed E-state index contributed by atoms with van der Waals surface area (Å²) in [7, 11) is 1.37. The Morgan fingerprint density at radius 1 is 1.33 bits per heavy atom. The summed E-state index contributed by atoms with van der Waals surface area (Å²) in [5.41, 5.74) is 1.86. The van der Waals surface area contributed by atoms with Gasteiger partial charge in [-0.1, -0.05) is 0 Å². The van der Waals surface area contributed by atoms with E-state index in [9.17, 15) is 4.79 Å². The summed E-state index contributed by atoms with van der Waals surface area (Å²) in [5.74, 6) is -0.342. The van der Waals surface area contributed by atoms with E-state index in [4.69, 9.17) is 0 Å². The Labute approximate surface area is 109 Å². The van der Waals surface area contributed by atoms with Crippen LogP contribution < -0.4 is 0 Å². The van der Waals surface area contributed by atoms with E-state index in [0.29, 0.717) is 0 Å². The van der Waals surface area contributed by atoms with Crippen LogP contribution in [0.4, 0.5) is 0 Å². The average molecular weight is 260 g/mol. The van der Waals surface area contributed by atoms with Crippen LogP contribution in [-0.4, -0.2) is 23.0 Å². The maximum absolute atomic E-state index is 11.2. The number of hydrogen-bond donors (Lipinski definition) is 0. The molecule has 2 aromatic rings. The number of carbonyl (C=O) groups is 1. The third-order valence-corrected chi connectivity index (χ3v) is 3.64. The molecule has 5 heteroatoms. The predicted octanol–water partition coefficient (Wildman–Crippen LogP) is 2.78. The largest absolute Gasteiger partial charge is 0.466 e. The van der Waals surface area contributed by atoms with Crippen molar-refractivity contribution in [3.05, 3.63) is 41.8 Å². The SMILES string of the molecule is COC(=O)/C=C(\C)c1ccc(-c2cncnc2)s1. The lowest BCUT2D eigenvalue weighted by molar-refractivity contribution is -0.134. The van der Waals surface area contributed by atoms with E-state index in [2.05, 4.69) is 14.7 Å². The van der Waals surface area contributed by atoms with Crippen molar-refractivity contribution >= 4 is 22.9 Å². The second-order valence-corrected chi connectivity index (χ2v) is 4.73.